The highest BCUT2D eigenvalue weighted by atomic mass is 28.4. The van der Waals surface area contributed by atoms with Crippen molar-refractivity contribution < 1.29 is 9.26 Å². The molecular weight excluding hydrogens is 194 g/mol. The van der Waals surface area contributed by atoms with Gasteiger partial charge in [0.25, 0.3) is 0 Å². The van der Waals surface area contributed by atoms with Gasteiger partial charge >= 0.3 is 0 Å². The zero-order valence-corrected chi connectivity index (χ0v) is 11.4. The molecule has 0 aliphatic heterocycles. The van der Waals surface area contributed by atoms with Gasteiger partial charge in [-0.2, -0.15) is 0 Å². The molecule has 0 aliphatic rings. The molecule has 2 N–H and O–H groups in total. The molecular formula is C10H25NO2Si. The molecule has 0 heterocycles. The number of rotatable bonds is 5. The van der Waals surface area contributed by atoms with Crippen LogP contribution in [0.1, 0.15) is 34.1 Å². The molecule has 0 aromatic carbocycles. The Balaban J connectivity index is 4.32. The van der Waals surface area contributed by atoms with Crippen LogP contribution in [-0.4, -0.2) is 21.0 Å². The first-order chi connectivity index (χ1) is 6.24. The van der Waals surface area contributed by atoms with Crippen LogP contribution in [0.4, 0.5) is 0 Å². The summed E-state index contributed by atoms with van der Waals surface area (Å²) in [4.78, 5) is 4.65. The summed E-state index contributed by atoms with van der Waals surface area (Å²) in [6.45, 7) is 13.8. The van der Waals surface area contributed by atoms with Crippen molar-refractivity contribution >= 4 is 8.32 Å². The monoisotopic (exact) mass is 219 g/mol. The van der Waals surface area contributed by atoms with E-state index in [2.05, 4.69) is 45.6 Å². The van der Waals surface area contributed by atoms with Gasteiger partial charge in [0, 0.05) is 0 Å². The van der Waals surface area contributed by atoms with Gasteiger partial charge in [-0.15, -0.1) is 0 Å². The molecule has 0 aliphatic carbocycles. The predicted octanol–water partition coefficient (Wildman–Crippen LogP) is 2.68. The molecule has 1 atom stereocenters. The second-order valence-corrected chi connectivity index (χ2v) is 10.00. The highest BCUT2D eigenvalue weighted by Gasteiger charge is 2.38. The van der Waals surface area contributed by atoms with Crippen LogP contribution >= 0.6 is 0 Å². The quantitative estimate of drug-likeness (QED) is 0.571. The van der Waals surface area contributed by atoms with Crippen molar-refractivity contribution in [3.05, 3.63) is 0 Å². The summed E-state index contributed by atoms with van der Waals surface area (Å²) >= 11 is 0. The van der Waals surface area contributed by atoms with Crippen molar-refractivity contribution in [2.45, 2.75) is 58.4 Å². The zero-order valence-electron chi connectivity index (χ0n) is 10.4. The van der Waals surface area contributed by atoms with Crippen molar-refractivity contribution in [3.63, 3.8) is 0 Å². The molecule has 0 spiro atoms. The van der Waals surface area contributed by atoms with E-state index in [1.807, 2.05) is 0 Å². The SMILES string of the molecule is CC[C@H](CON)O[Si](C)(C)C(C)(C)C. The van der Waals surface area contributed by atoms with E-state index in [-0.39, 0.29) is 11.1 Å². The molecule has 3 nitrogen and oxygen atoms in total. The van der Waals surface area contributed by atoms with E-state index >= 15 is 0 Å². The van der Waals surface area contributed by atoms with Crippen LogP contribution in [-0.2, 0) is 9.26 Å². The maximum Gasteiger partial charge on any atom is 0.192 e. The largest absolute Gasteiger partial charge is 0.412 e. The maximum atomic E-state index is 6.13. The Morgan fingerprint density at radius 3 is 2.07 bits per heavy atom. The second-order valence-electron chi connectivity index (χ2n) is 5.24. The standard InChI is InChI=1S/C10H25NO2Si/c1-7-9(8-12-11)13-14(5,6)10(2,3)4/h9H,7-8,11H2,1-6H3/t9-/m1/s1. The van der Waals surface area contributed by atoms with Crippen LogP contribution in [0.25, 0.3) is 0 Å². The Bertz CT molecular complexity index is 166. The second kappa shape index (κ2) is 5.26. The lowest BCUT2D eigenvalue weighted by molar-refractivity contribution is 0.0410. The summed E-state index contributed by atoms with van der Waals surface area (Å²) in [5.74, 6) is 5.07. The fourth-order valence-electron chi connectivity index (χ4n) is 0.936. The van der Waals surface area contributed by atoms with Gasteiger partial charge in [0.05, 0.1) is 12.7 Å². The fourth-order valence-corrected chi connectivity index (χ4v) is 2.36. The molecule has 0 fully saturated rings. The van der Waals surface area contributed by atoms with Gasteiger partial charge in [-0.05, 0) is 24.6 Å². The zero-order chi connectivity index (χ0) is 11.4. The molecule has 0 saturated carbocycles. The average Bonchev–Trinajstić information content (AvgIpc) is 2.01. The van der Waals surface area contributed by atoms with Crippen molar-refractivity contribution in [1.29, 1.82) is 0 Å². The van der Waals surface area contributed by atoms with E-state index in [0.717, 1.165) is 6.42 Å². The van der Waals surface area contributed by atoms with Crippen LogP contribution in [0, 0.1) is 0 Å². The smallest absolute Gasteiger partial charge is 0.192 e. The van der Waals surface area contributed by atoms with Gasteiger partial charge in [-0.3, -0.25) is 0 Å². The molecule has 0 rings (SSSR count). The summed E-state index contributed by atoms with van der Waals surface area (Å²) in [6, 6.07) is 0. The van der Waals surface area contributed by atoms with Crippen LogP contribution in [0.15, 0.2) is 0 Å². The van der Waals surface area contributed by atoms with E-state index in [0.29, 0.717) is 6.61 Å². The van der Waals surface area contributed by atoms with Crippen molar-refractivity contribution in [3.8, 4) is 0 Å². The summed E-state index contributed by atoms with van der Waals surface area (Å²) in [5, 5.41) is 0.245. The highest BCUT2D eigenvalue weighted by Crippen LogP contribution is 2.37. The third kappa shape index (κ3) is 4.08. The van der Waals surface area contributed by atoms with E-state index < -0.39 is 8.32 Å². The van der Waals surface area contributed by atoms with Gasteiger partial charge in [0.2, 0.25) is 0 Å². The predicted molar refractivity (Wildman–Crippen MR) is 62.5 cm³/mol. The van der Waals surface area contributed by atoms with Gasteiger partial charge in [-0.25, -0.2) is 5.90 Å². The van der Waals surface area contributed by atoms with Crippen LogP contribution in [0.3, 0.4) is 0 Å². The Hall–Kier alpha value is 0.0969. The minimum atomic E-state index is -1.66. The first kappa shape index (κ1) is 14.1. The lowest BCUT2D eigenvalue weighted by Crippen LogP contribution is -2.45. The average molecular weight is 219 g/mol. The van der Waals surface area contributed by atoms with E-state index in [4.69, 9.17) is 10.3 Å². The molecule has 14 heavy (non-hydrogen) atoms. The summed E-state index contributed by atoms with van der Waals surface area (Å²) < 4.78 is 6.13. The molecule has 86 valence electrons. The third-order valence-electron chi connectivity index (χ3n) is 3.00. The Labute approximate surface area is 89.0 Å². The van der Waals surface area contributed by atoms with Crippen LogP contribution in [0.2, 0.25) is 18.1 Å². The third-order valence-corrected chi connectivity index (χ3v) is 7.54. The molecule has 0 aromatic rings. The molecule has 0 unspecified atom stereocenters. The topological polar surface area (TPSA) is 44.5 Å². The Morgan fingerprint density at radius 2 is 1.79 bits per heavy atom. The van der Waals surface area contributed by atoms with E-state index in [1.165, 1.54) is 0 Å². The number of hydrogen-bond donors (Lipinski definition) is 1. The lowest BCUT2D eigenvalue weighted by atomic mass is 10.2. The molecule has 0 bridgehead atoms. The summed E-state index contributed by atoms with van der Waals surface area (Å²) in [7, 11) is -1.66. The van der Waals surface area contributed by atoms with Gasteiger partial charge < -0.3 is 9.26 Å². The minimum absolute atomic E-state index is 0.140. The Morgan fingerprint density at radius 1 is 1.29 bits per heavy atom. The highest BCUT2D eigenvalue weighted by molar-refractivity contribution is 6.74. The van der Waals surface area contributed by atoms with E-state index in [9.17, 15) is 0 Å². The fraction of sp³-hybridized carbons (Fsp3) is 1.00. The summed E-state index contributed by atoms with van der Waals surface area (Å²) in [5.41, 5.74) is 0. The molecule has 0 aromatic heterocycles. The Kier molecular flexibility index (Phi) is 5.29. The maximum absolute atomic E-state index is 6.13. The normalized spacial score (nSPS) is 15.6. The first-order valence-corrected chi connectivity index (χ1v) is 8.15. The minimum Gasteiger partial charge on any atom is -0.412 e. The van der Waals surface area contributed by atoms with Gasteiger partial charge in [-0.1, -0.05) is 27.7 Å². The van der Waals surface area contributed by atoms with Crippen molar-refractivity contribution in [1.82, 2.24) is 0 Å². The molecule has 0 amide bonds. The molecule has 0 radical (unpaired) electrons. The molecule has 0 saturated heterocycles. The van der Waals surface area contributed by atoms with Crippen LogP contribution in [0.5, 0.6) is 0 Å². The first-order valence-electron chi connectivity index (χ1n) is 5.24. The number of hydrogen-bond acceptors (Lipinski definition) is 3. The molecule has 4 heteroatoms. The number of nitrogens with two attached hydrogens (primary N) is 1. The van der Waals surface area contributed by atoms with Gasteiger partial charge in [0.1, 0.15) is 0 Å². The summed E-state index contributed by atoms with van der Waals surface area (Å²) in [6.07, 6.45) is 1.09. The van der Waals surface area contributed by atoms with Crippen LogP contribution < -0.4 is 5.90 Å². The van der Waals surface area contributed by atoms with Crippen molar-refractivity contribution in [2.75, 3.05) is 6.61 Å². The lowest BCUT2D eigenvalue weighted by Gasteiger charge is -2.38. The van der Waals surface area contributed by atoms with Crippen molar-refractivity contribution in [2.24, 2.45) is 5.90 Å². The van der Waals surface area contributed by atoms with E-state index in [1.54, 1.807) is 0 Å². The van der Waals surface area contributed by atoms with Gasteiger partial charge in [0.15, 0.2) is 8.32 Å².